The Balaban J connectivity index is 2.65. The molecule has 0 aromatic carbocycles. The normalized spacial score (nSPS) is 18.9. The summed E-state index contributed by atoms with van der Waals surface area (Å²) in [6, 6.07) is 0. The summed E-state index contributed by atoms with van der Waals surface area (Å²) in [5.41, 5.74) is -1.26. The van der Waals surface area contributed by atoms with Crippen LogP contribution in [0.2, 0.25) is 0 Å². The van der Waals surface area contributed by atoms with E-state index in [4.69, 9.17) is 13.8 Å². The van der Waals surface area contributed by atoms with Crippen molar-refractivity contribution >= 4 is 13.6 Å². The Morgan fingerprint density at radius 1 is 1.20 bits per heavy atom. The number of carboxylic acids is 1. The van der Waals surface area contributed by atoms with Gasteiger partial charge in [0.15, 0.2) is 5.66 Å². The van der Waals surface area contributed by atoms with Crippen LogP contribution in [0.1, 0.15) is 46.0 Å². The molecule has 1 saturated carbocycles. The number of carbonyl (C=O) groups is 1. The first-order chi connectivity index (χ1) is 9.53. The van der Waals surface area contributed by atoms with Crippen LogP contribution in [-0.2, 0) is 23.1 Å². The molecular weight excluding hydrogens is 283 g/mol. The Labute approximate surface area is 120 Å². The van der Waals surface area contributed by atoms with Crippen molar-refractivity contribution in [3.63, 3.8) is 0 Å². The van der Waals surface area contributed by atoms with Gasteiger partial charge in [-0.25, -0.2) is 0 Å². The Kier molecular flexibility index (Phi) is 7.74. The Hall–Kier alpha value is -0.420. The van der Waals surface area contributed by atoms with Crippen LogP contribution in [0, 0.1) is 0 Å². The fourth-order valence-corrected chi connectivity index (χ4v) is 4.03. The first-order valence-electron chi connectivity index (χ1n) is 7.26. The molecule has 0 bridgehead atoms. The van der Waals surface area contributed by atoms with Crippen LogP contribution in [-0.4, -0.2) is 42.7 Å². The highest BCUT2D eigenvalue weighted by molar-refractivity contribution is 7.55. The van der Waals surface area contributed by atoms with E-state index in [1.807, 2.05) is 0 Å². The molecule has 0 heterocycles. The standard InChI is InChI=1S/C13H25O6P/c1-3-18-20(16,19-4-2)12(13(14)15)10-17-11-8-6-5-7-9-11/h11-12H,3-10H2,1-2H3,(H,14,15). The minimum absolute atomic E-state index is 0.0577. The summed E-state index contributed by atoms with van der Waals surface area (Å²) in [7, 11) is -3.68. The van der Waals surface area contributed by atoms with Crippen molar-refractivity contribution in [1.82, 2.24) is 0 Å². The van der Waals surface area contributed by atoms with Crippen LogP contribution in [0.15, 0.2) is 0 Å². The molecule has 1 fully saturated rings. The third kappa shape index (κ3) is 5.17. The van der Waals surface area contributed by atoms with Crippen LogP contribution in [0.25, 0.3) is 0 Å². The lowest BCUT2D eigenvalue weighted by molar-refractivity contribution is -0.138. The summed E-state index contributed by atoms with van der Waals surface area (Å²) in [4.78, 5) is 11.4. The van der Waals surface area contributed by atoms with E-state index in [1.54, 1.807) is 13.8 Å². The minimum Gasteiger partial charge on any atom is -0.480 e. The van der Waals surface area contributed by atoms with Gasteiger partial charge in [-0.3, -0.25) is 9.36 Å². The molecule has 0 spiro atoms. The second-order valence-electron chi connectivity index (χ2n) is 4.82. The number of carboxylic acid groups (broad SMARTS) is 1. The Morgan fingerprint density at radius 2 is 1.75 bits per heavy atom. The van der Waals surface area contributed by atoms with Gasteiger partial charge in [0.05, 0.1) is 25.9 Å². The topological polar surface area (TPSA) is 82.1 Å². The summed E-state index contributed by atoms with van der Waals surface area (Å²) in [5.74, 6) is -1.20. The second kappa shape index (κ2) is 8.78. The lowest BCUT2D eigenvalue weighted by Crippen LogP contribution is -2.31. The zero-order chi connectivity index (χ0) is 15.0. The van der Waals surface area contributed by atoms with Gasteiger partial charge in [-0.1, -0.05) is 19.3 Å². The molecule has 1 atom stereocenters. The third-order valence-electron chi connectivity index (χ3n) is 3.33. The lowest BCUT2D eigenvalue weighted by Gasteiger charge is -2.27. The van der Waals surface area contributed by atoms with Crippen molar-refractivity contribution < 1.29 is 28.3 Å². The minimum atomic E-state index is -3.68. The Bertz CT molecular complexity index is 330. The van der Waals surface area contributed by atoms with Gasteiger partial charge in [0, 0.05) is 0 Å². The van der Waals surface area contributed by atoms with E-state index in [2.05, 4.69) is 0 Å². The molecule has 0 radical (unpaired) electrons. The molecule has 118 valence electrons. The Morgan fingerprint density at radius 3 is 2.20 bits per heavy atom. The quantitative estimate of drug-likeness (QED) is 0.659. The van der Waals surface area contributed by atoms with Gasteiger partial charge in [-0.15, -0.1) is 0 Å². The maximum atomic E-state index is 12.5. The molecule has 1 aliphatic carbocycles. The zero-order valence-corrected chi connectivity index (χ0v) is 13.1. The third-order valence-corrected chi connectivity index (χ3v) is 5.70. The summed E-state index contributed by atoms with van der Waals surface area (Å²) in [6.07, 6.45) is 5.30. The second-order valence-corrected chi connectivity index (χ2v) is 7.04. The average molecular weight is 308 g/mol. The molecule has 20 heavy (non-hydrogen) atoms. The van der Waals surface area contributed by atoms with Gasteiger partial charge in [0.25, 0.3) is 0 Å². The van der Waals surface area contributed by atoms with Gasteiger partial charge in [0.2, 0.25) is 0 Å². The van der Waals surface area contributed by atoms with Gasteiger partial charge in [-0.05, 0) is 26.7 Å². The molecule has 1 aliphatic rings. The van der Waals surface area contributed by atoms with Crippen molar-refractivity contribution in [3.05, 3.63) is 0 Å². The predicted octanol–water partition coefficient (Wildman–Crippen LogP) is 3.06. The van der Waals surface area contributed by atoms with E-state index < -0.39 is 19.2 Å². The van der Waals surface area contributed by atoms with Crippen LogP contribution in [0.5, 0.6) is 0 Å². The number of hydrogen-bond donors (Lipinski definition) is 1. The summed E-state index contributed by atoms with van der Waals surface area (Å²) >= 11 is 0. The number of ether oxygens (including phenoxy) is 1. The maximum Gasteiger partial charge on any atom is 0.347 e. The van der Waals surface area contributed by atoms with Crippen molar-refractivity contribution in [2.45, 2.75) is 57.7 Å². The van der Waals surface area contributed by atoms with E-state index in [0.29, 0.717) is 0 Å². The van der Waals surface area contributed by atoms with Crippen molar-refractivity contribution in [2.24, 2.45) is 0 Å². The highest BCUT2D eigenvalue weighted by Crippen LogP contribution is 2.53. The summed E-state index contributed by atoms with van der Waals surface area (Å²) < 4.78 is 28.4. The monoisotopic (exact) mass is 308 g/mol. The van der Waals surface area contributed by atoms with Gasteiger partial charge >= 0.3 is 13.6 Å². The first kappa shape index (κ1) is 17.6. The molecule has 1 rings (SSSR count). The fourth-order valence-electron chi connectivity index (χ4n) is 2.33. The SMILES string of the molecule is CCOP(=O)(OCC)C(COC1CCCCC1)C(=O)O. The molecule has 7 heteroatoms. The van der Waals surface area contributed by atoms with E-state index in [1.165, 1.54) is 6.42 Å². The fraction of sp³-hybridized carbons (Fsp3) is 0.923. The predicted molar refractivity (Wildman–Crippen MR) is 75.1 cm³/mol. The summed E-state index contributed by atoms with van der Waals surface area (Å²) in [5, 5.41) is 9.28. The first-order valence-corrected chi connectivity index (χ1v) is 8.87. The lowest BCUT2D eigenvalue weighted by atomic mass is 9.98. The molecule has 0 aliphatic heterocycles. The molecule has 0 aromatic heterocycles. The smallest absolute Gasteiger partial charge is 0.347 e. The van der Waals surface area contributed by atoms with E-state index in [-0.39, 0.29) is 25.9 Å². The number of aliphatic carboxylic acids is 1. The molecule has 0 amide bonds. The van der Waals surface area contributed by atoms with Crippen LogP contribution in [0.4, 0.5) is 0 Å². The maximum absolute atomic E-state index is 12.5. The highest BCUT2D eigenvalue weighted by Gasteiger charge is 2.42. The zero-order valence-electron chi connectivity index (χ0n) is 12.2. The van der Waals surface area contributed by atoms with Crippen LogP contribution in [0.3, 0.4) is 0 Å². The van der Waals surface area contributed by atoms with Gasteiger partial charge in [-0.2, -0.15) is 0 Å². The molecule has 0 aromatic rings. The highest BCUT2D eigenvalue weighted by atomic mass is 31.2. The van der Waals surface area contributed by atoms with Crippen LogP contribution < -0.4 is 0 Å². The number of hydrogen-bond acceptors (Lipinski definition) is 5. The van der Waals surface area contributed by atoms with Crippen molar-refractivity contribution in [2.75, 3.05) is 19.8 Å². The van der Waals surface area contributed by atoms with Gasteiger partial charge < -0.3 is 18.9 Å². The molecule has 1 unspecified atom stereocenters. The van der Waals surface area contributed by atoms with E-state index in [9.17, 15) is 14.5 Å². The summed E-state index contributed by atoms with van der Waals surface area (Å²) in [6.45, 7) is 3.48. The van der Waals surface area contributed by atoms with E-state index >= 15 is 0 Å². The largest absolute Gasteiger partial charge is 0.480 e. The molecular formula is C13H25O6P. The molecule has 1 N–H and O–H groups in total. The molecule has 0 saturated heterocycles. The van der Waals surface area contributed by atoms with Gasteiger partial charge in [0.1, 0.15) is 0 Å². The molecule has 6 nitrogen and oxygen atoms in total. The van der Waals surface area contributed by atoms with E-state index in [0.717, 1.165) is 25.7 Å². The van der Waals surface area contributed by atoms with Crippen molar-refractivity contribution in [1.29, 1.82) is 0 Å². The average Bonchev–Trinajstić information content (AvgIpc) is 2.40. The number of rotatable bonds is 9. The van der Waals surface area contributed by atoms with Crippen LogP contribution >= 0.6 is 7.60 Å². The van der Waals surface area contributed by atoms with Crippen molar-refractivity contribution in [3.8, 4) is 0 Å².